The van der Waals surface area contributed by atoms with E-state index < -0.39 is 0 Å². The van der Waals surface area contributed by atoms with Crippen LogP contribution in [0.3, 0.4) is 0 Å². The normalized spacial score (nSPS) is 8.60. The summed E-state index contributed by atoms with van der Waals surface area (Å²) in [6, 6.07) is 0. The van der Waals surface area contributed by atoms with E-state index in [4.69, 9.17) is 5.73 Å². The Bertz CT molecular complexity index is 264. The second-order valence-electron chi connectivity index (χ2n) is 1.88. The first-order chi connectivity index (χ1) is 4.84. The standard InChI is InChI=1S/C7H9N3/c1-6-7(3-2-4-8)10-5-9-6/h5H,4,8H2,1H3,(H,9,10). The molecule has 0 aromatic carbocycles. The number of nitrogens with two attached hydrogens (primary N) is 1. The molecule has 1 aromatic heterocycles. The van der Waals surface area contributed by atoms with Crippen LogP contribution in [0.5, 0.6) is 0 Å². The Morgan fingerprint density at radius 2 is 2.60 bits per heavy atom. The van der Waals surface area contributed by atoms with Gasteiger partial charge in [-0.15, -0.1) is 0 Å². The van der Waals surface area contributed by atoms with Crippen LogP contribution in [0.2, 0.25) is 0 Å². The lowest BCUT2D eigenvalue weighted by atomic mass is 10.3. The molecule has 52 valence electrons. The van der Waals surface area contributed by atoms with Gasteiger partial charge in [0.1, 0.15) is 5.69 Å². The average Bonchev–Trinajstić information content (AvgIpc) is 2.31. The van der Waals surface area contributed by atoms with Crippen molar-refractivity contribution in [3.05, 3.63) is 17.7 Å². The van der Waals surface area contributed by atoms with E-state index in [9.17, 15) is 0 Å². The Labute approximate surface area is 59.7 Å². The van der Waals surface area contributed by atoms with Gasteiger partial charge in [-0.1, -0.05) is 5.92 Å². The topological polar surface area (TPSA) is 54.7 Å². The van der Waals surface area contributed by atoms with Gasteiger partial charge in [0.2, 0.25) is 0 Å². The molecule has 1 heterocycles. The zero-order valence-electron chi connectivity index (χ0n) is 5.81. The summed E-state index contributed by atoms with van der Waals surface area (Å²) in [5, 5.41) is 0. The fraction of sp³-hybridized carbons (Fsp3) is 0.286. The van der Waals surface area contributed by atoms with E-state index in [1.165, 1.54) is 0 Å². The van der Waals surface area contributed by atoms with E-state index in [1.807, 2.05) is 6.92 Å². The van der Waals surface area contributed by atoms with Crippen LogP contribution in [0.15, 0.2) is 6.33 Å². The molecule has 0 spiro atoms. The van der Waals surface area contributed by atoms with Crippen molar-refractivity contribution in [3.63, 3.8) is 0 Å². The van der Waals surface area contributed by atoms with Crippen LogP contribution >= 0.6 is 0 Å². The highest BCUT2D eigenvalue weighted by atomic mass is 14.9. The molecule has 0 fully saturated rings. The molecule has 3 N–H and O–H groups in total. The third-order valence-corrected chi connectivity index (χ3v) is 1.14. The number of imidazole rings is 1. The molecule has 0 amide bonds. The predicted octanol–water partition coefficient (Wildman–Crippen LogP) is 0.0283. The number of H-pyrrole nitrogens is 1. The molecule has 1 rings (SSSR count). The number of rotatable bonds is 0. The minimum atomic E-state index is 0.381. The highest BCUT2D eigenvalue weighted by molar-refractivity contribution is 5.30. The first-order valence-electron chi connectivity index (χ1n) is 3.03. The van der Waals surface area contributed by atoms with Crippen LogP contribution in [-0.4, -0.2) is 16.5 Å². The largest absolute Gasteiger partial charge is 0.348 e. The predicted molar refractivity (Wildman–Crippen MR) is 39.3 cm³/mol. The molecule has 10 heavy (non-hydrogen) atoms. The highest BCUT2D eigenvalue weighted by Gasteiger charge is 1.92. The number of aromatic amines is 1. The van der Waals surface area contributed by atoms with Gasteiger partial charge in [-0.3, -0.25) is 0 Å². The summed E-state index contributed by atoms with van der Waals surface area (Å²) in [4.78, 5) is 6.89. The van der Waals surface area contributed by atoms with Crippen LogP contribution in [0.1, 0.15) is 11.4 Å². The Morgan fingerprint density at radius 3 is 3.10 bits per heavy atom. The van der Waals surface area contributed by atoms with Crippen LogP contribution in [0, 0.1) is 18.8 Å². The van der Waals surface area contributed by atoms with E-state index in [1.54, 1.807) is 6.33 Å². The Hall–Kier alpha value is -1.27. The maximum atomic E-state index is 5.18. The van der Waals surface area contributed by atoms with E-state index in [0.717, 1.165) is 11.4 Å². The van der Waals surface area contributed by atoms with Crippen molar-refractivity contribution in [3.8, 4) is 11.8 Å². The summed E-state index contributed by atoms with van der Waals surface area (Å²) in [6.07, 6.45) is 1.62. The molecule has 0 saturated carbocycles. The maximum absolute atomic E-state index is 5.18. The summed E-state index contributed by atoms with van der Waals surface area (Å²) < 4.78 is 0. The van der Waals surface area contributed by atoms with E-state index >= 15 is 0 Å². The first-order valence-corrected chi connectivity index (χ1v) is 3.03. The SMILES string of the molecule is Cc1[nH]cnc1C#CCN. The quantitative estimate of drug-likeness (QED) is 0.493. The molecule has 3 heteroatoms. The molecule has 3 nitrogen and oxygen atoms in total. The lowest BCUT2D eigenvalue weighted by Gasteiger charge is -1.81. The molecule has 0 bridgehead atoms. The Balaban J connectivity index is 2.84. The zero-order valence-corrected chi connectivity index (χ0v) is 5.81. The number of nitrogens with zero attached hydrogens (tertiary/aromatic N) is 1. The van der Waals surface area contributed by atoms with E-state index in [-0.39, 0.29) is 0 Å². The third kappa shape index (κ3) is 1.36. The molecule has 0 aliphatic carbocycles. The van der Waals surface area contributed by atoms with Gasteiger partial charge in [0.05, 0.1) is 12.9 Å². The molecule has 0 aliphatic rings. The number of nitrogens with one attached hydrogen (secondary N) is 1. The Kier molecular flexibility index (Phi) is 2.08. The van der Waals surface area contributed by atoms with Gasteiger partial charge in [0.25, 0.3) is 0 Å². The third-order valence-electron chi connectivity index (χ3n) is 1.14. The highest BCUT2D eigenvalue weighted by Crippen LogP contribution is 1.95. The van der Waals surface area contributed by atoms with E-state index in [0.29, 0.717) is 6.54 Å². The minimum Gasteiger partial charge on any atom is -0.348 e. The number of aromatic nitrogens is 2. The molecule has 0 atom stereocenters. The lowest BCUT2D eigenvalue weighted by Crippen LogP contribution is -1.93. The number of hydrogen-bond donors (Lipinski definition) is 2. The van der Waals surface area contributed by atoms with Gasteiger partial charge in [-0.2, -0.15) is 0 Å². The van der Waals surface area contributed by atoms with Crippen LogP contribution in [0.25, 0.3) is 0 Å². The fourth-order valence-electron chi connectivity index (χ4n) is 0.620. The van der Waals surface area contributed by atoms with Crippen molar-refractivity contribution in [2.75, 3.05) is 6.54 Å². The van der Waals surface area contributed by atoms with Crippen molar-refractivity contribution >= 4 is 0 Å². The molecule has 0 radical (unpaired) electrons. The van der Waals surface area contributed by atoms with Crippen LogP contribution in [-0.2, 0) is 0 Å². The molecule has 0 saturated heterocycles. The van der Waals surface area contributed by atoms with Crippen LogP contribution in [0.4, 0.5) is 0 Å². The second-order valence-corrected chi connectivity index (χ2v) is 1.88. The van der Waals surface area contributed by atoms with Crippen molar-refractivity contribution < 1.29 is 0 Å². The lowest BCUT2D eigenvalue weighted by molar-refractivity contribution is 1.25. The van der Waals surface area contributed by atoms with Crippen LogP contribution < -0.4 is 5.73 Å². The van der Waals surface area contributed by atoms with Gasteiger partial charge in [-0.05, 0) is 12.8 Å². The Morgan fingerprint density at radius 1 is 1.80 bits per heavy atom. The zero-order chi connectivity index (χ0) is 7.40. The summed E-state index contributed by atoms with van der Waals surface area (Å²) >= 11 is 0. The molecular formula is C7H9N3. The van der Waals surface area contributed by atoms with Gasteiger partial charge in [0, 0.05) is 5.69 Å². The summed E-state index contributed by atoms with van der Waals surface area (Å²) in [6.45, 7) is 2.31. The molecule has 0 aliphatic heterocycles. The molecule has 0 unspecified atom stereocenters. The molecular weight excluding hydrogens is 126 g/mol. The maximum Gasteiger partial charge on any atom is 0.133 e. The first kappa shape index (κ1) is 6.84. The van der Waals surface area contributed by atoms with Gasteiger partial charge in [-0.25, -0.2) is 4.98 Å². The summed E-state index contributed by atoms with van der Waals surface area (Å²) in [5.74, 6) is 5.56. The summed E-state index contributed by atoms with van der Waals surface area (Å²) in [7, 11) is 0. The fourth-order valence-corrected chi connectivity index (χ4v) is 0.620. The number of hydrogen-bond acceptors (Lipinski definition) is 2. The van der Waals surface area contributed by atoms with Gasteiger partial charge >= 0.3 is 0 Å². The minimum absolute atomic E-state index is 0.381. The van der Waals surface area contributed by atoms with E-state index in [2.05, 4.69) is 21.8 Å². The smallest absolute Gasteiger partial charge is 0.133 e. The number of aryl methyl sites for hydroxylation is 1. The monoisotopic (exact) mass is 135 g/mol. The van der Waals surface area contributed by atoms with Gasteiger partial charge in [0.15, 0.2) is 0 Å². The van der Waals surface area contributed by atoms with Crippen molar-refractivity contribution in [1.29, 1.82) is 0 Å². The second kappa shape index (κ2) is 3.04. The summed E-state index contributed by atoms with van der Waals surface area (Å²) in [5.41, 5.74) is 6.95. The van der Waals surface area contributed by atoms with Gasteiger partial charge < -0.3 is 10.7 Å². The average molecular weight is 135 g/mol. The van der Waals surface area contributed by atoms with Crippen molar-refractivity contribution in [2.24, 2.45) is 5.73 Å². The molecule has 1 aromatic rings. The van der Waals surface area contributed by atoms with Crippen molar-refractivity contribution in [2.45, 2.75) is 6.92 Å². The van der Waals surface area contributed by atoms with Crippen molar-refractivity contribution in [1.82, 2.24) is 9.97 Å².